The number of nitrogens with one attached hydrogen (secondary N) is 2. The van der Waals surface area contributed by atoms with Crippen molar-refractivity contribution in [3.05, 3.63) is 59.9 Å². The number of rotatable bonds is 5. The molecule has 2 aromatic rings. The SMILES string of the molecule is O=C(Nc1ccc(S(=O)(=O)NC2=NCCCCC2)cc1)C1(c2cccc(F)c2)CCC1. The first-order chi connectivity index (χ1) is 14.9. The van der Waals surface area contributed by atoms with Crippen molar-refractivity contribution in [1.82, 2.24) is 4.72 Å². The molecule has 1 aliphatic carbocycles. The molecule has 6 nitrogen and oxygen atoms in total. The fourth-order valence-electron chi connectivity index (χ4n) is 4.10. The Labute approximate surface area is 182 Å². The summed E-state index contributed by atoms with van der Waals surface area (Å²) in [6, 6.07) is 12.2. The van der Waals surface area contributed by atoms with E-state index in [-0.39, 0.29) is 16.6 Å². The monoisotopic (exact) mass is 443 g/mol. The van der Waals surface area contributed by atoms with Gasteiger partial charge in [-0.1, -0.05) is 25.0 Å². The molecule has 1 heterocycles. The molecule has 164 valence electrons. The predicted molar refractivity (Wildman–Crippen MR) is 118 cm³/mol. The first-order valence-corrected chi connectivity index (χ1v) is 12.1. The average Bonchev–Trinajstić information content (AvgIpc) is 2.96. The molecule has 0 bridgehead atoms. The summed E-state index contributed by atoms with van der Waals surface area (Å²) in [4.78, 5) is 17.4. The highest BCUT2D eigenvalue weighted by Gasteiger charge is 2.45. The highest BCUT2D eigenvalue weighted by Crippen LogP contribution is 2.44. The fourth-order valence-corrected chi connectivity index (χ4v) is 5.19. The normalized spacial score (nSPS) is 18.3. The smallest absolute Gasteiger partial charge is 0.262 e. The Hall–Kier alpha value is -2.74. The van der Waals surface area contributed by atoms with Crippen LogP contribution in [0.3, 0.4) is 0 Å². The summed E-state index contributed by atoms with van der Waals surface area (Å²) in [7, 11) is -3.73. The predicted octanol–water partition coefficient (Wildman–Crippen LogP) is 4.14. The average molecular weight is 444 g/mol. The number of anilines is 1. The molecule has 0 saturated heterocycles. The van der Waals surface area contributed by atoms with Crippen LogP contribution in [0.5, 0.6) is 0 Å². The summed E-state index contributed by atoms with van der Waals surface area (Å²) in [6.07, 6.45) is 5.75. The molecule has 1 fully saturated rings. The summed E-state index contributed by atoms with van der Waals surface area (Å²) in [5, 5.41) is 2.87. The van der Waals surface area contributed by atoms with E-state index in [1.165, 1.54) is 24.3 Å². The van der Waals surface area contributed by atoms with E-state index in [0.717, 1.165) is 25.7 Å². The summed E-state index contributed by atoms with van der Waals surface area (Å²) >= 11 is 0. The van der Waals surface area contributed by atoms with E-state index in [0.29, 0.717) is 42.9 Å². The van der Waals surface area contributed by atoms with Crippen molar-refractivity contribution in [3.8, 4) is 0 Å². The van der Waals surface area contributed by atoms with Gasteiger partial charge in [0, 0.05) is 18.7 Å². The zero-order valence-electron chi connectivity index (χ0n) is 17.2. The maximum absolute atomic E-state index is 13.7. The van der Waals surface area contributed by atoms with Crippen LogP contribution in [0.15, 0.2) is 58.4 Å². The van der Waals surface area contributed by atoms with Crippen LogP contribution in [-0.2, 0) is 20.2 Å². The summed E-state index contributed by atoms with van der Waals surface area (Å²) in [6.45, 7) is 0.635. The molecule has 0 atom stereocenters. The van der Waals surface area contributed by atoms with Crippen molar-refractivity contribution in [2.45, 2.75) is 55.3 Å². The van der Waals surface area contributed by atoms with Gasteiger partial charge in [-0.2, -0.15) is 0 Å². The number of aliphatic imine (C=N–C) groups is 1. The van der Waals surface area contributed by atoms with Gasteiger partial charge in [-0.15, -0.1) is 0 Å². The van der Waals surface area contributed by atoms with E-state index in [9.17, 15) is 17.6 Å². The van der Waals surface area contributed by atoms with Crippen LogP contribution in [-0.4, -0.2) is 26.7 Å². The van der Waals surface area contributed by atoms with Crippen molar-refractivity contribution >= 4 is 27.5 Å². The number of carbonyl (C=O) groups is 1. The molecule has 8 heteroatoms. The van der Waals surface area contributed by atoms with Crippen LogP contribution in [0.2, 0.25) is 0 Å². The van der Waals surface area contributed by atoms with Crippen LogP contribution >= 0.6 is 0 Å². The van der Waals surface area contributed by atoms with Crippen LogP contribution < -0.4 is 10.0 Å². The van der Waals surface area contributed by atoms with E-state index in [4.69, 9.17) is 0 Å². The van der Waals surface area contributed by atoms with E-state index >= 15 is 0 Å². The third-order valence-electron chi connectivity index (χ3n) is 6.07. The molecule has 0 aromatic heterocycles. The van der Waals surface area contributed by atoms with Gasteiger partial charge < -0.3 is 5.32 Å². The molecule has 2 aromatic carbocycles. The molecule has 0 radical (unpaired) electrons. The fraction of sp³-hybridized carbons (Fsp3) is 0.391. The number of sulfonamides is 1. The zero-order valence-corrected chi connectivity index (χ0v) is 18.1. The van der Waals surface area contributed by atoms with Gasteiger partial charge in [0.15, 0.2) is 0 Å². The van der Waals surface area contributed by atoms with Gasteiger partial charge in [-0.05, 0) is 67.6 Å². The second-order valence-electron chi connectivity index (χ2n) is 8.17. The minimum Gasteiger partial charge on any atom is -0.325 e. The van der Waals surface area contributed by atoms with Crippen molar-refractivity contribution in [2.24, 2.45) is 4.99 Å². The quantitative estimate of drug-likeness (QED) is 0.728. The lowest BCUT2D eigenvalue weighted by Gasteiger charge is -2.40. The van der Waals surface area contributed by atoms with Crippen LogP contribution in [0, 0.1) is 5.82 Å². The van der Waals surface area contributed by atoms with Gasteiger partial charge in [-0.3, -0.25) is 14.5 Å². The molecule has 1 saturated carbocycles. The molecule has 2 N–H and O–H groups in total. The van der Waals surface area contributed by atoms with Crippen LogP contribution in [0.4, 0.5) is 10.1 Å². The maximum atomic E-state index is 13.7. The van der Waals surface area contributed by atoms with Gasteiger partial charge in [0.25, 0.3) is 10.0 Å². The Kier molecular flexibility index (Phi) is 6.09. The van der Waals surface area contributed by atoms with E-state index in [1.54, 1.807) is 24.3 Å². The lowest BCUT2D eigenvalue weighted by atomic mass is 9.63. The van der Waals surface area contributed by atoms with Gasteiger partial charge in [0.1, 0.15) is 11.7 Å². The molecule has 0 spiro atoms. The standard InChI is InChI=1S/C23H26FN3O3S/c24-18-7-4-6-17(16-18)23(13-5-14-23)22(28)26-19-9-11-20(12-10-19)31(29,30)27-21-8-2-1-3-15-25-21/h4,6-7,9-12,16H,1-3,5,8,13-15H2,(H,25,27)(H,26,28). The van der Waals surface area contributed by atoms with Crippen molar-refractivity contribution in [1.29, 1.82) is 0 Å². The number of nitrogens with zero attached hydrogens (tertiary/aromatic N) is 1. The molecule has 4 rings (SSSR count). The van der Waals surface area contributed by atoms with Gasteiger partial charge in [-0.25, -0.2) is 12.8 Å². The van der Waals surface area contributed by atoms with Gasteiger partial charge in [0.05, 0.1) is 10.3 Å². The summed E-state index contributed by atoms with van der Waals surface area (Å²) in [5.74, 6) is -0.0697. The Morgan fingerprint density at radius 1 is 1.00 bits per heavy atom. The Morgan fingerprint density at radius 2 is 1.77 bits per heavy atom. The molecular formula is C23H26FN3O3S. The second-order valence-corrected chi connectivity index (χ2v) is 9.85. The molecular weight excluding hydrogens is 417 g/mol. The van der Waals surface area contributed by atoms with E-state index < -0.39 is 15.4 Å². The highest BCUT2D eigenvalue weighted by molar-refractivity contribution is 7.90. The van der Waals surface area contributed by atoms with Crippen LogP contribution in [0.25, 0.3) is 0 Å². The zero-order chi connectivity index (χ0) is 21.9. The van der Waals surface area contributed by atoms with Crippen molar-refractivity contribution < 1.29 is 17.6 Å². The summed E-state index contributed by atoms with van der Waals surface area (Å²) < 4.78 is 41.6. The molecule has 31 heavy (non-hydrogen) atoms. The first-order valence-electron chi connectivity index (χ1n) is 10.6. The minimum absolute atomic E-state index is 0.112. The maximum Gasteiger partial charge on any atom is 0.262 e. The topological polar surface area (TPSA) is 87.6 Å². The van der Waals surface area contributed by atoms with Crippen molar-refractivity contribution in [3.63, 3.8) is 0 Å². The number of hydrogen-bond donors (Lipinski definition) is 2. The number of amidine groups is 1. The van der Waals surface area contributed by atoms with Gasteiger partial charge in [0.2, 0.25) is 5.91 Å². The Bertz CT molecular complexity index is 1090. The first kappa shape index (κ1) is 21.5. The molecule has 2 aliphatic rings. The lowest BCUT2D eigenvalue weighted by molar-refractivity contribution is -0.124. The second kappa shape index (κ2) is 8.78. The third kappa shape index (κ3) is 4.63. The Morgan fingerprint density at radius 3 is 2.45 bits per heavy atom. The van der Waals surface area contributed by atoms with E-state index in [1.807, 2.05) is 0 Å². The number of hydrogen-bond acceptors (Lipinski definition) is 4. The number of carbonyl (C=O) groups excluding carboxylic acids is 1. The van der Waals surface area contributed by atoms with E-state index in [2.05, 4.69) is 15.0 Å². The van der Waals surface area contributed by atoms with Gasteiger partial charge >= 0.3 is 0 Å². The Balaban J connectivity index is 1.47. The van der Waals surface area contributed by atoms with Crippen molar-refractivity contribution in [2.75, 3.05) is 11.9 Å². The molecule has 0 unspecified atom stereocenters. The third-order valence-corrected chi connectivity index (χ3v) is 7.47. The van der Waals surface area contributed by atoms with Crippen LogP contribution in [0.1, 0.15) is 50.5 Å². The molecule has 1 aliphatic heterocycles. The molecule has 1 amide bonds. The number of amides is 1. The number of halogens is 1. The summed E-state index contributed by atoms with van der Waals surface area (Å²) in [5.41, 5.74) is 0.425. The largest absolute Gasteiger partial charge is 0.325 e. The lowest BCUT2D eigenvalue weighted by Crippen LogP contribution is -2.46. The highest BCUT2D eigenvalue weighted by atomic mass is 32.2. The number of benzene rings is 2. The minimum atomic E-state index is -3.73.